The number of ether oxygens (including phenoxy) is 1. The Balaban J connectivity index is 1.89. The van der Waals surface area contributed by atoms with Crippen LogP contribution in [0.2, 0.25) is 0 Å². The number of methoxy groups -OCH3 is 1. The number of H-pyrrole nitrogens is 1. The molecule has 0 aliphatic heterocycles. The third-order valence-electron chi connectivity index (χ3n) is 4.60. The van der Waals surface area contributed by atoms with Crippen LogP contribution in [0.5, 0.6) is 11.5 Å². The van der Waals surface area contributed by atoms with E-state index in [2.05, 4.69) is 20.9 Å². The zero-order valence-corrected chi connectivity index (χ0v) is 17.9. The van der Waals surface area contributed by atoms with Gasteiger partial charge in [0.1, 0.15) is 10.6 Å². The van der Waals surface area contributed by atoms with Crippen LogP contribution in [-0.2, 0) is 10.1 Å². The Morgan fingerprint density at radius 2 is 1.61 bits per heavy atom. The van der Waals surface area contributed by atoms with Gasteiger partial charge in [-0.15, -0.1) is 0 Å². The summed E-state index contributed by atoms with van der Waals surface area (Å²) in [5.74, 6) is 0.951. The molecule has 0 aliphatic rings. The van der Waals surface area contributed by atoms with E-state index < -0.39 is 10.1 Å². The minimum Gasteiger partial charge on any atom is -0.495 e. The van der Waals surface area contributed by atoms with E-state index in [0.29, 0.717) is 11.3 Å². The van der Waals surface area contributed by atoms with Crippen molar-refractivity contribution in [3.8, 4) is 11.5 Å². The van der Waals surface area contributed by atoms with Crippen molar-refractivity contribution in [3.05, 3.63) is 64.1 Å². The van der Waals surface area contributed by atoms with Crippen LogP contribution in [0.15, 0.2) is 57.9 Å². The lowest BCUT2D eigenvalue weighted by molar-refractivity contribution is 0.413. The number of halogens is 1. The van der Waals surface area contributed by atoms with Crippen LogP contribution in [0.3, 0.4) is 0 Å². The summed E-state index contributed by atoms with van der Waals surface area (Å²) in [7, 11) is -2.35. The maximum absolute atomic E-state index is 12.8. The van der Waals surface area contributed by atoms with E-state index in [-0.39, 0.29) is 10.6 Å². The lowest BCUT2D eigenvalue weighted by Crippen LogP contribution is -2.10. The molecule has 144 valence electrons. The van der Waals surface area contributed by atoms with Gasteiger partial charge < -0.3 is 13.9 Å². The van der Waals surface area contributed by atoms with Crippen LogP contribution in [0, 0.1) is 13.8 Å². The van der Waals surface area contributed by atoms with Crippen molar-refractivity contribution in [1.82, 2.24) is 4.98 Å². The minimum absolute atomic E-state index is 0.119. The molecule has 0 fully saturated rings. The van der Waals surface area contributed by atoms with Crippen LogP contribution in [-0.4, -0.2) is 20.5 Å². The Morgan fingerprint density at radius 3 is 2.29 bits per heavy atom. The van der Waals surface area contributed by atoms with Gasteiger partial charge in [0.2, 0.25) is 0 Å². The first-order chi connectivity index (χ1) is 13.3. The first-order valence-electron chi connectivity index (χ1n) is 8.59. The lowest BCUT2D eigenvalue weighted by Gasteiger charge is -2.09. The van der Waals surface area contributed by atoms with Gasteiger partial charge in [0.05, 0.1) is 22.6 Å². The van der Waals surface area contributed by atoms with Gasteiger partial charge in [0.15, 0.2) is 5.75 Å². The predicted molar refractivity (Wildman–Crippen MR) is 114 cm³/mol. The zero-order chi connectivity index (χ0) is 20.1. The SMILES string of the molecule is COc1cc2[nH]c3c(OS(=O)(=O)c4ccc(C)cc4)cc(C)cc3c2cc1Br. The quantitative estimate of drug-likeness (QED) is 0.410. The zero-order valence-electron chi connectivity index (χ0n) is 15.5. The normalized spacial score (nSPS) is 11.9. The van der Waals surface area contributed by atoms with Crippen molar-refractivity contribution in [1.29, 1.82) is 0 Å². The molecule has 4 aromatic rings. The first-order valence-corrected chi connectivity index (χ1v) is 10.8. The Kier molecular flexibility index (Phi) is 4.59. The molecule has 0 atom stereocenters. The number of benzene rings is 3. The molecule has 7 heteroatoms. The Bertz CT molecular complexity index is 1310. The van der Waals surface area contributed by atoms with Gasteiger partial charge >= 0.3 is 10.1 Å². The van der Waals surface area contributed by atoms with Crippen LogP contribution in [0.1, 0.15) is 11.1 Å². The van der Waals surface area contributed by atoms with Crippen LogP contribution >= 0.6 is 15.9 Å². The van der Waals surface area contributed by atoms with Gasteiger partial charge in [-0.1, -0.05) is 17.7 Å². The summed E-state index contributed by atoms with van der Waals surface area (Å²) in [6, 6.07) is 14.1. The van der Waals surface area contributed by atoms with E-state index >= 15 is 0 Å². The molecular formula is C21H18BrNO4S. The molecule has 0 aliphatic carbocycles. The molecule has 0 bridgehead atoms. The second-order valence-corrected chi connectivity index (χ2v) is 9.09. The fraction of sp³-hybridized carbons (Fsp3) is 0.143. The van der Waals surface area contributed by atoms with E-state index in [4.69, 9.17) is 8.92 Å². The Morgan fingerprint density at radius 1 is 0.893 bits per heavy atom. The highest BCUT2D eigenvalue weighted by molar-refractivity contribution is 9.10. The highest BCUT2D eigenvalue weighted by Crippen LogP contribution is 2.38. The largest absolute Gasteiger partial charge is 0.495 e. The maximum atomic E-state index is 12.8. The molecule has 0 radical (unpaired) electrons. The molecule has 0 amide bonds. The summed E-state index contributed by atoms with van der Waals surface area (Å²) in [6.07, 6.45) is 0. The molecule has 0 spiro atoms. The average molecular weight is 460 g/mol. The van der Waals surface area contributed by atoms with Gasteiger partial charge in [-0.05, 0) is 65.7 Å². The monoisotopic (exact) mass is 459 g/mol. The van der Waals surface area contributed by atoms with E-state index in [1.165, 1.54) is 0 Å². The Labute approximate surface area is 171 Å². The van der Waals surface area contributed by atoms with Crippen molar-refractivity contribution in [2.45, 2.75) is 18.7 Å². The molecule has 0 saturated heterocycles. The first kappa shape index (κ1) is 18.8. The fourth-order valence-corrected chi connectivity index (χ4v) is 4.64. The van der Waals surface area contributed by atoms with Crippen LogP contribution < -0.4 is 8.92 Å². The topological polar surface area (TPSA) is 68.4 Å². The predicted octanol–water partition coefficient (Wildman–Crippen LogP) is 5.48. The van der Waals surface area contributed by atoms with Crippen molar-refractivity contribution < 1.29 is 17.3 Å². The van der Waals surface area contributed by atoms with Gasteiger partial charge in [-0.2, -0.15) is 8.42 Å². The third kappa shape index (κ3) is 3.25. The smallest absolute Gasteiger partial charge is 0.339 e. The van der Waals surface area contributed by atoms with Gasteiger partial charge in [0.25, 0.3) is 0 Å². The second kappa shape index (κ2) is 6.83. The standard InChI is InChI=1S/C21H18BrNO4S/c1-12-4-6-14(7-5-12)28(24,25)27-20-9-13(2)8-16-15-10-17(22)19(26-3)11-18(15)23-21(16)20/h4-11,23H,1-3H3. The van der Waals surface area contributed by atoms with Crippen molar-refractivity contribution >= 4 is 47.9 Å². The summed E-state index contributed by atoms with van der Waals surface area (Å²) in [6.45, 7) is 3.81. The van der Waals surface area contributed by atoms with Crippen molar-refractivity contribution in [2.75, 3.05) is 7.11 Å². The van der Waals surface area contributed by atoms with Gasteiger partial charge in [-0.25, -0.2) is 0 Å². The molecule has 1 aromatic heterocycles. The number of hydrogen-bond donors (Lipinski definition) is 1. The number of fused-ring (bicyclic) bond motifs is 3. The summed E-state index contributed by atoms with van der Waals surface area (Å²) >= 11 is 3.50. The van der Waals surface area contributed by atoms with E-state index in [9.17, 15) is 8.42 Å². The Hall–Kier alpha value is -2.51. The lowest BCUT2D eigenvalue weighted by atomic mass is 10.1. The maximum Gasteiger partial charge on any atom is 0.339 e. The minimum atomic E-state index is -3.95. The van der Waals surface area contributed by atoms with E-state index in [0.717, 1.165) is 31.9 Å². The number of aryl methyl sites for hydroxylation is 2. The molecule has 0 saturated carbocycles. The highest BCUT2D eigenvalue weighted by atomic mass is 79.9. The number of aromatic nitrogens is 1. The summed E-state index contributed by atoms with van der Waals surface area (Å²) in [4.78, 5) is 3.39. The van der Waals surface area contributed by atoms with Crippen molar-refractivity contribution in [2.24, 2.45) is 0 Å². The van der Waals surface area contributed by atoms with E-state index in [1.807, 2.05) is 32.0 Å². The molecule has 0 unspecified atom stereocenters. The van der Waals surface area contributed by atoms with Gasteiger partial charge in [-0.3, -0.25) is 0 Å². The summed E-state index contributed by atoms with van der Waals surface area (Å²) in [5.41, 5.74) is 3.33. The average Bonchev–Trinajstić information content (AvgIpc) is 2.99. The number of aromatic amines is 1. The van der Waals surface area contributed by atoms with Crippen molar-refractivity contribution in [3.63, 3.8) is 0 Å². The molecule has 4 rings (SSSR count). The molecule has 3 aromatic carbocycles. The molecular weight excluding hydrogens is 442 g/mol. The highest BCUT2D eigenvalue weighted by Gasteiger charge is 2.20. The van der Waals surface area contributed by atoms with E-state index in [1.54, 1.807) is 37.4 Å². The van der Waals surface area contributed by atoms with Crippen LogP contribution in [0.25, 0.3) is 21.8 Å². The third-order valence-corrected chi connectivity index (χ3v) is 6.47. The molecule has 1 heterocycles. The number of rotatable bonds is 4. The molecule has 5 nitrogen and oxygen atoms in total. The summed E-state index contributed by atoms with van der Waals surface area (Å²) < 4.78 is 37.3. The molecule has 1 N–H and O–H groups in total. The fourth-order valence-electron chi connectivity index (χ4n) is 3.20. The summed E-state index contributed by atoms with van der Waals surface area (Å²) in [5, 5.41) is 1.83. The van der Waals surface area contributed by atoms with Gasteiger partial charge in [0, 0.05) is 16.8 Å². The van der Waals surface area contributed by atoms with Crippen LogP contribution in [0.4, 0.5) is 0 Å². The second-order valence-electron chi connectivity index (χ2n) is 6.69. The number of nitrogens with one attached hydrogen (secondary N) is 1. The number of hydrogen-bond acceptors (Lipinski definition) is 4. The molecule has 28 heavy (non-hydrogen) atoms.